The summed E-state index contributed by atoms with van der Waals surface area (Å²) in [5.74, 6) is 0.0325. The lowest BCUT2D eigenvalue weighted by Gasteiger charge is -2.30. The third-order valence-electron chi connectivity index (χ3n) is 6.03. The minimum Gasteiger partial charge on any atom is -0.379 e. The number of amides is 1. The van der Waals surface area contributed by atoms with E-state index < -0.39 is 0 Å². The number of anilines is 3. The Kier molecular flexibility index (Phi) is 5.88. The van der Waals surface area contributed by atoms with Gasteiger partial charge in [-0.1, -0.05) is 18.2 Å². The van der Waals surface area contributed by atoms with Crippen LogP contribution in [0.15, 0.2) is 54.7 Å². The summed E-state index contributed by atoms with van der Waals surface area (Å²) >= 11 is 0. The highest BCUT2D eigenvalue weighted by Gasteiger charge is 2.33. The molecular formula is C24H28N4O3. The summed E-state index contributed by atoms with van der Waals surface area (Å²) in [6, 6.07) is 16.3. The van der Waals surface area contributed by atoms with Gasteiger partial charge in [-0.2, -0.15) is 0 Å². The van der Waals surface area contributed by atoms with Gasteiger partial charge in [-0.3, -0.25) is 14.6 Å². The molecule has 0 aromatic heterocycles. The van der Waals surface area contributed by atoms with Gasteiger partial charge in [-0.15, -0.1) is 0 Å². The number of benzene rings is 2. The number of hydrogen-bond acceptors (Lipinski definition) is 6. The number of carbonyl (C=O) groups excluding carboxylic acids is 1. The molecule has 0 saturated carbocycles. The molecule has 2 aromatic carbocycles. The van der Waals surface area contributed by atoms with Crippen LogP contribution in [0, 0.1) is 0 Å². The first-order valence-corrected chi connectivity index (χ1v) is 10.9. The number of fused-ring (bicyclic) bond motifs is 1. The lowest BCUT2D eigenvalue weighted by Crippen LogP contribution is -2.45. The van der Waals surface area contributed by atoms with Gasteiger partial charge in [0.1, 0.15) is 0 Å². The van der Waals surface area contributed by atoms with Crippen LogP contribution in [-0.2, 0) is 14.3 Å². The fourth-order valence-electron chi connectivity index (χ4n) is 4.27. The van der Waals surface area contributed by atoms with E-state index >= 15 is 0 Å². The van der Waals surface area contributed by atoms with Crippen LogP contribution in [0.4, 0.5) is 17.1 Å². The average molecular weight is 421 g/mol. The first kappa shape index (κ1) is 20.1. The molecule has 0 unspecified atom stereocenters. The summed E-state index contributed by atoms with van der Waals surface area (Å²) in [4.78, 5) is 19.7. The Morgan fingerprint density at radius 3 is 2.29 bits per heavy atom. The van der Waals surface area contributed by atoms with Gasteiger partial charge in [-0.05, 0) is 30.3 Å². The molecule has 0 radical (unpaired) electrons. The van der Waals surface area contributed by atoms with Crippen LogP contribution < -0.4 is 15.1 Å². The fourth-order valence-corrected chi connectivity index (χ4v) is 4.27. The molecule has 0 aliphatic carbocycles. The second kappa shape index (κ2) is 9.09. The van der Waals surface area contributed by atoms with E-state index in [-0.39, 0.29) is 5.91 Å². The average Bonchev–Trinajstić information content (AvgIpc) is 3.10. The predicted molar refractivity (Wildman–Crippen MR) is 122 cm³/mol. The summed E-state index contributed by atoms with van der Waals surface area (Å²) in [7, 11) is 0. The summed E-state index contributed by atoms with van der Waals surface area (Å²) in [6.07, 6.45) is 1.84. The zero-order valence-corrected chi connectivity index (χ0v) is 17.6. The molecule has 7 heteroatoms. The van der Waals surface area contributed by atoms with Crippen LogP contribution >= 0.6 is 0 Å². The highest BCUT2D eigenvalue weighted by molar-refractivity contribution is 6.32. The van der Waals surface area contributed by atoms with Crippen molar-refractivity contribution >= 4 is 28.5 Å². The molecule has 2 saturated heterocycles. The number of rotatable bonds is 5. The van der Waals surface area contributed by atoms with E-state index in [1.807, 2.05) is 35.4 Å². The smallest absolute Gasteiger partial charge is 0.261 e. The van der Waals surface area contributed by atoms with Crippen LogP contribution in [0.5, 0.6) is 0 Å². The normalized spacial score (nSPS) is 20.9. The maximum absolute atomic E-state index is 13.3. The Morgan fingerprint density at radius 1 is 0.871 bits per heavy atom. The molecule has 162 valence electrons. The molecule has 31 heavy (non-hydrogen) atoms. The third kappa shape index (κ3) is 4.30. The van der Waals surface area contributed by atoms with Crippen molar-refractivity contribution in [2.45, 2.75) is 0 Å². The van der Waals surface area contributed by atoms with Gasteiger partial charge in [0.05, 0.1) is 44.4 Å². The van der Waals surface area contributed by atoms with Gasteiger partial charge in [0, 0.05) is 49.3 Å². The number of nitrogens with one attached hydrogen (secondary N) is 1. The number of hydrogen-bond donors (Lipinski definition) is 1. The van der Waals surface area contributed by atoms with Crippen LogP contribution in [0.25, 0.3) is 5.57 Å². The Balaban J connectivity index is 1.31. The van der Waals surface area contributed by atoms with Crippen LogP contribution in [0.2, 0.25) is 0 Å². The molecule has 3 heterocycles. The van der Waals surface area contributed by atoms with Gasteiger partial charge < -0.3 is 19.7 Å². The van der Waals surface area contributed by atoms with Crippen molar-refractivity contribution in [2.24, 2.45) is 0 Å². The van der Waals surface area contributed by atoms with Crippen molar-refractivity contribution in [3.05, 3.63) is 60.3 Å². The zero-order chi connectivity index (χ0) is 21.0. The van der Waals surface area contributed by atoms with Crippen LogP contribution in [0.1, 0.15) is 5.56 Å². The highest BCUT2D eigenvalue weighted by atomic mass is 16.5. The van der Waals surface area contributed by atoms with Crippen molar-refractivity contribution in [1.29, 1.82) is 0 Å². The van der Waals surface area contributed by atoms with Gasteiger partial charge in [0.2, 0.25) is 0 Å². The Labute approximate surface area is 182 Å². The summed E-state index contributed by atoms with van der Waals surface area (Å²) in [5.41, 5.74) is 4.79. The number of carbonyl (C=O) groups is 1. The quantitative estimate of drug-likeness (QED) is 0.751. The van der Waals surface area contributed by atoms with E-state index in [2.05, 4.69) is 39.4 Å². The fraction of sp³-hybridized carbons (Fsp3) is 0.375. The summed E-state index contributed by atoms with van der Waals surface area (Å²) in [5, 5.41) is 3.33. The monoisotopic (exact) mass is 420 g/mol. The highest BCUT2D eigenvalue weighted by Crippen LogP contribution is 2.36. The lowest BCUT2D eigenvalue weighted by atomic mass is 10.1. The van der Waals surface area contributed by atoms with Gasteiger partial charge >= 0.3 is 0 Å². The Bertz CT molecular complexity index is 948. The molecule has 1 N–H and O–H groups in total. The first-order chi connectivity index (χ1) is 15.3. The van der Waals surface area contributed by atoms with Crippen molar-refractivity contribution in [3.63, 3.8) is 0 Å². The van der Waals surface area contributed by atoms with E-state index in [1.54, 1.807) is 0 Å². The topological polar surface area (TPSA) is 57.3 Å². The lowest BCUT2D eigenvalue weighted by molar-refractivity contribution is -0.113. The van der Waals surface area contributed by atoms with Crippen molar-refractivity contribution < 1.29 is 14.3 Å². The maximum Gasteiger partial charge on any atom is 0.261 e. The van der Waals surface area contributed by atoms with Crippen molar-refractivity contribution in [1.82, 2.24) is 4.90 Å². The molecule has 0 atom stereocenters. The molecule has 7 nitrogen and oxygen atoms in total. The largest absolute Gasteiger partial charge is 0.379 e. The molecule has 1 amide bonds. The Morgan fingerprint density at radius 2 is 1.55 bits per heavy atom. The van der Waals surface area contributed by atoms with E-state index in [4.69, 9.17) is 9.47 Å². The molecule has 2 aromatic rings. The molecule has 5 rings (SSSR count). The second-order valence-electron chi connectivity index (χ2n) is 7.97. The minimum absolute atomic E-state index is 0.0325. The second-order valence-corrected chi connectivity index (χ2v) is 7.97. The number of ether oxygens (including phenoxy) is 2. The minimum atomic E-state index is 0.0325. The third-order valence-corrected chi connectivity index (χ3v) is 6.03. The van der Waals surface area contributed by atoms with Crippen molar-refractivity contribution in [3.8, 4) is 0 Å². The molecule has 3 aliphatic heterocycles. The standard InChI is InChI=1S/C24H28N4O3/c29-24-22(17-25-19-5-7-20(8-6-19)27-11-15-31-16-12-27)21-3-1-2-4-23(21)28(24)18-26-9-13-30-14-10-26/h1-8,17,25H,9-16,18H2/b22-17+. The van der Waals surface area contributed by atoms with Gasteiger partial charge in [-0.25, -0.2) is 0 Å². The molecule has 2 fully saturated rings. The zero-order valence-electron chi connectivity index (χ0n) is 17.6. The first-order valence-electron chi connectivity index (χ1n) is 10.9. The van der Waals surface area contributed by atoms with Crippen molar-refractivity contribution in [2.75, 3.05) is 74.4 Å². The predicted octanol–water partition coefficient (Wildman–Crippen LogP) is 2.61. The van der Waals surface area contributed by atoms with E-state index in [0.717, 1.165) is 56.3 Å². The van der Waals surface area contributed by atoms with Crippen LogP contribution in [-0.4, -0.2) is 70.1 Å². The molecule has 3 aliphatic rings. The summed E-state index contributed by atoms with van der Waals surface area (Å²) < 4.78 is 10.9. The SMILES string of the molecule is O=C1/C(=C/Nc2ccc(N3CCOCC3)cc2)c2ccccc2N1CN1CCOCC1. The number of para-hydroxylation sites is 1. The van der Waals surface area contributed by atoms with Crippen LogP contribution in [0.3, 0.4) is 0 Å². The van der Waals surface area contributed by atoms with E-state index in [1.165, 1.54) is 5.69 Å². The Hall–Kier alpha value is -2.87. The number of morpholine rings is 2. The summed E-state index contributed by atoms with van der Waals surface area (Å²) in [6.45, 7) is 7.09. The van der Waals surface area contributed by atoms with E-state index in [0.29, 0.717) is 25.5 Å². The number of nitrogens with zero attached hydrogens (tertiary/aromatic N) is 3. The van der Waals surface area contributed by atoms with Gasteiger partial charge in [0.15, 0.2) is 0 Å². The van der Waals surface area contributed by atoms with E-state index in [9.17, 15) is 4.79 Å². The molecule has 0 bridgehead atoms. The maximum atomic E-state index is 13.3. The molecule has 0 spiro atoms. The molecular weight excluding hydrogens is 392 g/mol. The van der Waals surface area contributed by atoms with Gasteiger partial charge in [0.25, 0.3) is 5.91 Å².